The first-order valence-corrected chi connectivity index (χ1v) is 7.02. The molecule has 0 saturated carbocycles. The van der Waals surface area contributed by atoms with Crippen LogP contribution < -0.4 is 10.5 Å². The van der Waals surface area contributed by atoms with Crippen LogP contribution in [-0.2, 0) is 6.61 Å². The minimum Gasteiger partial charge on any atom is -0.487 e. The molecule has 0 heterocycles. The highest BCUT2D eigenvalue weighted by Crippen LogP contribution is 2.34. The van der Waals surface area contributed by atoms with Gasteiger partial charge in [-0.05, 0) is 35.4 Å². The Morgan fingerprint density at radius 1 is 1.05 bits per heavy atom. The second-order valence-electron chi connectivity index (χ2n) is 4.62. The SMILES string of the molecule is N[C@H](c1ccc(OCc2ccc(Cl)cc2)c(Cl)c1)C(F)(F)F. The lowest BCUT2D eigenvalue weighted by Gasteiger charge is -2.17. The highest BCUT2D eigenvalue weighted by molar-refractivity contribution is 6.32. The van der Waals surface area contributed by atoms with Crippen LogP contribution in [0, 0.1) is 0 Å². The Bertz CT molecular complexity index is 644. The van der Waals surface area contributed by atoms with Gasteiger partial charge in [0.05, 0.1) is 5.02 Å². The van der Waals surface area contributed by atoms with E-state index in [4.69, 9.17) is 33.7 Å². The van der Waals surface area contributed by atoms with Gasteiger partial charge in [0, 0.05) is 5.02 Å². The first-order chi connectivity index (χ1) is 10.3. The second kappa shape index (κ2) is 6.77. The molecule has 0 saturated heterocycles. The predicted molar refractivity (Wildman–Crippen MR) is 80.2 cm³/mol. The maximum absolute atomic E-state index is 12.6. The van der Waals surface area contributed by atoms with Crippen LogP contribution in [0.3, 0.4) is 0 Å². The molecule has 0 aliphatic carbocycles. The van der Waals surface area contributed by atoms with Gasteiger partial charge in [-0.3, -0.25) is 0 Å². The molecule has 0 aliphatic rings. The molecule has 0 radical (unpaired) electrons. The Kier molecular flexibility index (Phi) is 5.21. The fraction of sp³-hybridized carbons (Fsp3) is 0.200. The zero-order valence-corrected chi connectivity index (χ0v) is 12.7. The minimum absolute atomic E-state index is 0.0752. The number of halogens is 5. The number of rotatable bonds is 4. The molecule has 2 N–H and O–H groups in total. The summed E-state index contributed by atoms with van der Waals surface area (Å²) in [5.74, 6) is 0.287. The van der Waals surface area contributed by atoms with Crippen molar-refractivity contribution in [3.05, 3.63) is 63.6 Å². The Morgan fingerprint density at radius 3 is 2.23 bits per heavy atom. The molecule has 7 heteroatoms. The van der Waals surface area contributed by atoms with E-state index >= 15 is 0 Å². The summed E-state index contributed by atoms with van der Waals surface area (Å²) < 4.78 is 43.2. The van der Waals surface area contributed by atoms with Gasteiger partial charge in [0.15, 0.2) is 0 Å². The minimum atomic E-state index is -4.52. The number of nitrogens with two attached hydrogens (primary N) is 1. The van der Waals surface area contributed by atoms with Crippen LogP contribution in [0.15, 0.2) is 42.5 Å². The Labute approximate surface area is 135 Å². The molecule has 0 aromatic heterocycles. The van der Waals surface area contributed by atoms with Crippen molar-refractivity contribution in [3.8, 4) is 5.75 Å². The number of benzene rings is 2. The number of ether oxygens (including phenoxy) is 1. The van der Waals surface area contributed by atoms with E-state index in [1.54, 1.807) is 24.3 Å². The van der Waals surface area contributed by atoms with Gasteiger partial charge in [-0.15, -0.1) is 0 Å². The van der Waals surface area contributed by atoms with Crippen LogP contribution in [0.25, 0.3) is 0 Å². The Hall–Kier alpha value is -1.43. The molecule has 22 heavy (non-hydrogen) atoms. The molecule has 0 spiro atoms. The van der Waals surface area contributed by atoms with Crippen LogP contribution in [0.4, 0.5) is 13.2 Å². The zero-order valence-electron chi connectivity index (χ0n) is 11.2. The summed E-state index contributed by atoms with van der Waals surface area (Å²) in [4.78, 5) is 0. The fourth-order valence-electron chi connectivity index (χ4n) is 1.76. The molecular formula is C15H12Cl2F3NO. The average Bonchev–Trinajstić information content (AvgIpc) is 2.46. The number of hydrogen-bond donors (Lipinski definition) is 1. The smallest absolute Gasteiger partial charge is 0.407 e. The zero-order chi connectivity index (χ0) is 16.3. The third-order valence-electron chi connectivity index (χ3n) is 2.98. The van der Waals surface area contributed by atoms with Gasteiger partial charge >= 0.3 is 6.18 Å². The van der Waals surface area contributed by atoms with E-state index in [1.165, 1.54) is 12.1 Å². The molecule has 0 fully saturated rings. The maximum atomic E-state index is 12.6. The summed E-state index contributed by atoms with van der Waals surface area (Å²) in [5.41, 5.74) is 5.88. The van der Waals surface area contributed by atoms with Crippen molar-refractivity contribution in [1.82, 2.24) is 0 Å². The molecule has 0 amide bonds. The topological polar surface area (TPSA) is 35.2 Å². The van der Waals surface area contributed by atoms with Crippen LogP contribution in [0.2, 0.25) is 10.0 Å². The molecule has 118 valence electrons. The van der Waals surface area contributed by atoms with Crippen LogP contribution in [-0.4, -0.2) is 6.18 Å². The van der Waals surface area contributed by atoms with Crippen LogP contribution >= 0.6 is 23.2 Å². The standard InChI is InChI=1S/C15H12Cl2F3NO/c16-11-4-1-9(2-5-11)8-22-13-6-3-10(7-12(13)17)14(21)15(18,19)20/h1-7,14H,8,21H2/t14-/m1/s1. The van der Waals surface area contributed by atoms with Crippen LogP contribution in [0.1, 0.15) is 17.2 Å². The second-order valence-corrected chi connectivity index (χ2v) is 5.47. The van der Waals surface area contributed by atoms with Crippen molar-refractivity contribution < 1.29 is 17.9 Å². The Morgan fingerprint density at radius 2 is 1.68 bits per heavy atom. The van der Waals surface area contributed by atoms with E-state index < -0.39 is 12.2 Å². The average molecular weight is 350 g/mol. The first-order valence-electron chi connectivity index (χ1n) is 6.26. The van der Waals surface area contributed by atoms with Gasteiger partial charge in [0.1, 0.15) is 18.4 Å². The number of hydrogen-bond acceptors (Lipinski definition) is 2. The van der Waals surface area contributed by atoms with E-state index in [0.29, 0.717) is 5.02 Å². The summed E-state index contributed by atoms with van der Waals surface area (Å²) in [7, 11) is 0. The monoisotopic (exact) mass is 349 g/mol. The molecule has 2 aromatic carbocycles. The van der Waals surface area contributed by atoms with Crippen molar-refractivity contribution >= 4 is 23.2 Å². The van der Waals surface area contributed by atoms with Gasteiger partial charge in [0.25, 0.3) is 0 Å². The third kappa shape index (κ3) is 4.29. The van der Waals surface area contributed by atoms with E-state index in [2.05, 4.69) is 0 Å². The van der Waals surface area contributed by atoms with Crippen molar-refractivity contribution in [2.45, 2.75) is 18.8 Å². The molecule has 2 nitrogen and oxygen atoms in total. The summed E-state index contributed by atoms with van der Waals surface area (Å²) in [6.07, 6.45) is -4.52. The van der Waals surface area contributed by atoms with Crippen molar-refractivity contribution in [1.29, 1.82) is 0 Å². The quantitative estimate of drug-likeness (QED) is 0.829. The van der Waals surface area contributed by atoms with Crippen LogP contribution in [0.5, 0.6) is 5.75 Å². The van der Waals surface area contributed by atoms with Crippen molar-refractivity contribution in [3.63, 3.8) is 0 Å². The maximum Gasteiger partial charge on any atom is 0.407 e. The van der Waals surface area contributed by atoms with E-state index in [0.717, 1.165) is 11.6 Å². The molecule has 2 aromatic rings. The molecule has 0 unspecified atom stereocenters. The summed E-state index contributed by atoms with van der Waals surface area (Å²) >= 11 is 11.7. The predicted octanol–water partition coefficient (Wildman–Crippen LogP) is 5.13. The lowest BCUT2D eigenvalue weighted by molar-refractivity contribution is -0.149. The Balaban J connectivity index is 2.08. The van der Waals surface area contributed by atoms with E-state index in [-0.39, 0.29) is 22.9 Å². The fourth-order valence-corrected chi connectivity index (χ4v) is 2.13. The summed E-state index contributed by atoms with van der Waals surface area (Å²) in [6, 6.07) is 8.71. The largest absolute Gasteiger partial charge is 0.487 e. The molecular weight excluding hydrogens is 338 g/mol. The lowest BCUT2D eigenvalue weighted by Crippen LogP contribution is -2.28. The molecule has 0 bridgehead atoms. The molecule has 0 aliphatic heterocycles. The number of alkyl halides is 3. The highest BCUT2D eigenvalue weighted by atomic mass is 35.5. The van der Waals surface area contributed by atoms with Gasteiger partial charge in [-0.25, -0.2) is 0 Å². The van der Waals surface area contributed by atoms with Gasteiger partial charge < -0.3 is 10.5 Å². The summed E-state index contributed by atoms with van der Waals surface area (Å²) in [5, 5.41) is 0.679. The third-order valence-corrected chi connectivity index (χ3v) is 3.52. The van der Waals surface area contributed by atoms with E-state index in [9.17, 15) is 13.2 Å². The van der Waals surface area contributed by atoms with Gasteiger partial charge in [-0.1, -0.05) is 41.4 Å². The summed E-state index contributed by atoms with van der Waals surface area (Å²) in [6.45, 7) is 0.224. The first kappa shape index (κ1) is 16.9. The van der Waals surface area contributed by atoms with Gasteiger partial charge in [-0.2, -0.15) is 13.2 Å². The molecule has 1 atom stereocenters. The normalized spacial score (nSPS) is 13.0. The highest BCUT2D eigenvalue weighted by Gasteiger charge is 2.38. The lowest BCUT2D eigenvalue weighted by atomic mass is 10.1. The van der Waals surface area contributed by atoms with E-state index in [1.807, 2.05) is 0 Å². The van der Waals surface area contributed by atoms with Crippen molar-refractivity contribution in [2.24, 2.45) is 5.73 Å². The molecule has 2 rings (SSSR count). The van der Waals surface area contributed by atoms with Gasteiger partial charge in [0.2, 0.25) is 0 Å². The van der Waals surface area contributed by atoms with Crippen molar-refractivity contribution in [2.75, 3.05) is 0 Å².